The molecule has 0 aliphatic carbocycles. The normalized spacial score (nSPS) is 20.6. The predicted molar refractivity (Wildman–Crippen MR) is 197 cm³/mol. The van der Waals surface area contributed by atoms with Crippen molar-refractivity contribution < 1.29 is 23.7 Å². The summed E-state index contributed by atoms with van der Waals surface area (Å²) < 4.78 is 34.2. The van der Waals surface area contributed by atoms with Gasteiger partial charge in [-0.1, -0.05) is 139 Å². The summed E-state index contributed by atoms with van der Waals surface area (Å²) in [5.41, 5.74) is 7.18. The van der Waals surface area contributed by atoms with Crippen molar-refractivity contribution in [1.29, 1.82) is 0 Å². The summed E-state index contributed by atoms with van der Waals surface area (Å²) in [6, 6.07) is 44.7. The van der Waals surface area contributed by atoms with Gasteiger partial charge in [-0.2, -0.15) is 0 Å². The quantitative estimate of drug-likeness (QED) is 0.124. The molecule has 2 heterocycles. The summed E-state index contributed by atoms with van der Waals surface area (Å²) in [4.78, 5) is 3.43. The van der Waals surface area contributed by atoms with Crippen LogP contribution in [0.25, 0.3) is 10.9 Å². The first-order valence-corrected chi connectivity index (χ1v) is 17.5. The molecule has 5 atom stereocenters. The molecule has 1 aliphatic rings. The third kappa shape index (κ3) is 8.19. The van der Waals surface area contributed by atoms with Crippen molar-refractivity contribution in [3.05, 3.63) is 178 Å². The molecular weight excluding hydrogens is 646 g/mol. The second kappa shape index (κ2) is 16.6. The van der Waals surface area contributed by atoms with E-state index in [-0.39, 0.29) is 0 Å². The molecule has 1 aromatic heterocycles. The van der Waals surface area contributed by atoms with Crippen LogP contribution in [0.15, 0.2) is 140 Å². The van der Waals surface area contributed by atoms with Crippen molar-refractivity contribution in [2.45, 2.75) is 63.9 Å². The lowest BCUT2D eigenvalue weighted by molar-refractivity contribution is -0.274. The largest absolute Gasteiger partial charge is 0.374 e. The third-order valence-corrected chi connectivity index (χ3v) is 9.53. The van der Waals surface area contributed by atoms with Crippen LogP contribution >= 0.6 is 11.6 Å². The Labute approximate surface area is 298 Å². The number of fused-ring (bicyclic) bond motifs is 1. The van der Waals surface area contributed by atoms with E-state index in [2.05, 4.69) is 60.4 Å². The molecule has 50 heavy (non-hydrogen) atoms. The molecule has 0 bridgehead atoms. The number of nitrogens with one attached hydrogen (secondary N) is 1. The third-order valence-electron chi connectivity index (χ3n) is 9.21. The number of rotatable bonds is 14. The van der Waals surface area contributed by atoms with Crippen LogP contribution in [0.5, 0.6) is 0 Å². The number of hydrogen-bond donors (Lipinski definition) is 1. The minimum absolute atomic E-state index is 0.295. The Hall–Kier alpha value is -4.27. The highest BCUT2D eigenvalue weighted by atomic mass is 35.5. The molecular formula is C43H42ClNO5. The monoisotopic (exact) mass is 687 g/mol. The maximum atomic E-state index is 7.14. The van der Waals surface area contributed by atoms with Crippen LogP contribution in [0.3, 0.4) is 0 Å². The maximum Gasteiger partial charge on any atom is 0.117 e. The highest BCUT2D eigenvalue weighted by molar-refractivity contribution is 6.35. The standard InChI is InChI=1S/C43H42ClNO5/c1-30-22-23-36(44)39-38(30)35(24-45-39)40-42(48-27-33-18-10-4-11-19-33)43(49-28-34-20-12-5-13-21-34)41(47-26-32-16-8-3-9-17-32)37(50-40)29-46-25-31-14-6-2-7-15-31/h2-24,37,40-43,45H,25-29H2,1H3/t37-,40+,41-,42+,43+/m1/s1. The fourth-order valence-electron chi connectivity index (χ4n) is 6.68. The van der Waals surface area contributed by atoms with Gasteiger partial charge in [0, 0.05) is 17.1 Å². The van der Waals surface area contributed by atoms with Gasteiger partial charge in [0.2, 0.25) is 0 Å². The summed E-state index contributed by atoms with van der Waals surface area (Å²) in [6.07, 6.45) is -0.573. The number of H-pyrrole nitrogens is 1. The van der Waals surface area contributed by atoms with E-state index in [9.17, 15) is 0 Å². The van der Waals surface area contributed by atoms with Crippen LogP contribution in [0.4, 0.5) is 0 Å². The van der Waals surface area contributed by atoms with Gasteiger partial charge in [-0.25, -0.2) is 0 Å². The van der Waals surface area contributed by atoms with E-state index in [0.29, 0.717) is 38.1 Å². The first kappa shape index (κ1) is 34.2. The van der Waals surface area contributed by atoms with Gasteiger partial charge in [-0.15, -0.1) is 0 Å². The molecule has 5 aromatic carbocycles. The molecule has 0 radical (unpaired) electrons. The molecule has 256 valence electrons. The van der Waals surface area contributed by atoms with E-state index in [1.807, 2.05) is 91.1 Å². The summed E-state index contributed by atoms with van der Waals surface area (Å²) >= 11 is 6.72. The van der Waals surface area contributed by atoms with Crippen LogP contribution in [-0.2, 0) is 50.1 Å². The number of hydrogen-bond acceptors (Lipinski definition) is 5. The van der Waals surface area contributed by atoms with Gasteiger partial charge >= 0.3 is 0 Å². The smallest absolute Gasteiger partial charge is 0.117 e. The van der Waals surface area contributed by atoms with Gasteiger partial charge in [-0.3, -0.25) is 0 Å². The van der Waals surface area contributed by atoms with Gasteiger partial charge in [0.25, 0.3) is 0 Å². The van der Waals surface area contributed by atoms with Gasteiger partial charge in [0.1, 0.15) is 30.5 Å². The number of aromatic nitrogens is 1. The molecule has 1 fully saturated rings. The fraction of sp³-hybridized carbons (Fsp3) is 0.256. The molecule has 6 nitrogen and oxygen atoms in total. The number of halogens is 1. The second-order valence-electron chi connectivity index (χ2n) is 12.7. The Balaban J connectivity index is 1.28. The SMILES string of the molecule is Cc1ccc(Cl)c2[nH]cc([C@@H]3O[C@H](COCc4ccccc4)[C@@H](OCc4ccccc4)[C@H](OCc4ccccc4)[C@H]3OCc3ccccc3)c12. The lowest BCUT2D eigenvalue weighted by atomic mass is 9.89. The van der Waals surface area contributed by atoms with Gasteiger partial charge in [0.15, 0.2) is 0 Å². The van der Waals surface area contributed by atoms with Crippen LogP contribution < -0.4 is 0 Å². The second-order valence-corrected chi connectivity index (χ2v) is 13.1. The minimum atomic E-state index is -0.539. The Morgan fingerprint density at radius 1 is 0.580 bits per heavy atom. The van der Waals surface area contributed by atoms with Crippen LogP contribution in [0, 0.1) is 6.92 Å². The van der Waals surface area contributed by atoms with E-state index in [4.69, 9.17) is 35.3 Å². The van der Waals surface area contributed by atoms with Crippen molar-refractivity contribution in [1.82, 2.24) is 4.98 Å². The van der Waals surface area contributed by atoms with E-state index in [1.165, 1.54) is 0 Å². The molecule has 0 unspecified atom stereocenters. The zero-order valence-electron chi connectivity index (χ0n) is 28.1. The molecule has 6 aromatic rings. The molecule has 7 heteroatoms. The predicted octanol–water partition coefficient (Wildman–Crippen LogP) is 9.54. The number of benzene rings is 5. The maximum absolute atomic E-state index is 7.14. The lowest BCUT2D eigenvalue weighted by Gasteiger charge is -2.46. The zero-order chi connectivity index (χ0) is 34.1. The highest BCUT2D eigenvalue weighted by Crippen LogP contribution is 2.42. The number of aromatic amines is 1. The summed E-state index contributed by atoms with van der Waals surface area (Å²) in [6.45, 7) is 3.97. The van der Waals surface area contributed by atoms with Crippen molar-refractivity contribution in [2.24, 2.45) is 0 Å². The first-order valence-electron chi connectivity index (χ1n) is 17.1. The number of aryl methyl sites for hydroxylation is 1. The Bertz CT molecular complexity index is 1920. The van der Waals surface area contributed by atoms with E-state index >= 15 is 0 Å². The van der Waals surface area contributed by atoms with Crippen molar-refractivity contribution in [3.8, 4) is 0 Å². The average molecular weight is 688 g/mol. The molecule has 1 aliphatic heterocycles. The Kier molecular flexibility index (Phi) is 11.4. The lowest BCUT2D eigenvalue weighted by Crippen LogP contribution is -2.58. The number of ether oxygens (including phenoxy) is 5. The summed E-state index contributed by atoms with van der Waals surface area (Å²) in [5, 5.41) is 1.67. The highest BCUT2D eigenvalue weighted by Gasteiger charge is 2.49. The summed E-state index contributed by atoms with van der Waals surface area (Å²) in [7, 11) is 0. The molecule has 0 spiro atoms. The van der Waals surface area contributed by atoms with Crippen LogP contribution in [-0.4, -0.2) is 36.0 Å². The van der Waals surface area contributed by atoms with Gasteiger partial charge in [-0.05, 0) is 40.8 Å². The average Bonchev–Trinajstić information content (AvgIpc) is 3.62. The van der Waals surface area contributed by atoms with Gasteiger partial charge < -0.3 is 28.7 Å². The molecule has 0 amide bonds. The Morgan fingerprint density at radius 2 is 1.06 bits per heavy atom. The zero-order valence-corrected chi connectivity index (χ0v) is 28.9. The Morgan fingerprint density at radius 3 is 1.60 bits per heavy atom. The molecule has 0 saturated carbocycles. The fourth-order valence-corrected chi connectivity index (χ4v) is 6.89. The topological polar surface area (TPSA) is 61.9 Å². The molecule has 1 saturated heterocycles. The molecule has 7 rings (SSSR count). The van der Waals surface area contributed by atoms with Crippen molar-refractivity contribution >= 4 is 22.5 Å². The summed E-state index contributed by atoms with van der Waals surface area (Å²) in [5.74, 6) is 0. The van der Waals surface area contributed by atoms with Crippen molar-refractivity contribution in [2.75, 3.05) is 6.61 Å². The van der Waals surface area contributed by atoms with E-state index in [1.54, 1.807) is 0 Å². The van der Waals surface area contributed by atoms with E-state index < -0.39 is 30.5 Å². The van der Waals surface area contributed by atoms with Crippen LogP contribution in [0.2, 0.25) is 5.02 Å². The minimum Gasteiger partial charge on any atom is -0.374 e. The van der Waals surface area contributed by atoms with Crippen molar-refractivity contribution in [3.63, 3.8) is 0 Å². The molecule has 1 N–H and O–H groups in total. The van der Waals surface area contributed by atoms with E-state index in [0.717, 1.165) is 44.3 Å². The van der Waals surface area contributed by atoms with Gasteiger partial charge in [0.05, 0.1) is 43.6 Å². The first-order chi connectivity index (χ1) is 24.6. The van der Waals surface area contributed by atoms with Crippen LogP contribution in [0.1, 0.15) is 39.5 Å².